The zero-order chi connectivity index (χ0) is 19.6. The van der Waals surface area contributed by atoms with Crippen molar-refractivity contribution in [2.24, 2.45) is 0 Å². The molecule has 0 aliphatic heterocycles. The van der Waals surface area contributed by atoms with Crippen molar-refractivity contribution < 1.29 is 19.1 Å². The molecule has 3 amide bonds. The van der Waals surface area contributed by atoms with Gasteiger partial charge in [0.25, 0.3) is 5.91 Å². The van der Waals surface area contributed by atoms with Crippen molar-refractivity contribution in [3.8, 4) is 5.75 Å². The Labute approximate surface area is 158 Å². The first-order valence-electron chi connectivity index (χ1n) is 8.53. The van der Waals surface area contributed by atoms with Crippen LogP contribution in [0.5, 0.6) is 5.75 Å². The summed E-state index contributed by atoms with van der Waals surface area (Å²) in [7, 11) is 1.59. The highest BCUT2D eigenvalue weighted by Crippen LogP contribution is 2.12. The Morgan fingerprint density at radius 2 is 1.67 bits per heavy atom. The van der Waals surface area contributed by atoms with Gasteiger partial charge in [-0.25, -0.2) is 0 Å². The van der Waals surface area contributed by atoms with E-state index in [2.05, 4.69) is 16.0 Å². The molecule has 0 aliphatic rings. The quantitative estimate of drug-likeness (QED) is 0.618. The Kier molecular flexibility index (Phi) is 7.37. The van der Waals surface area contributed by atoms with E-state index in [9.17, 15) is 14.4 Å². The smallest absolute Gasteiger partial charge is 0.251 e. The number of hydrogen-bond donors (Lipinski definition) is 3. The number of amides is 3. The van der Waals surface area contributed by atoms with Gasteiger partial charge in [0.05, 0.1) is 13.5 Å². The van der Waals surface area contributed by atoms with Gasteiger partial charge < -0.3 is 20.7 Å². The third-order valence-corrected chi connectivity index (χ3v) is 3.70. The third-order valence-electron chi connectivity index (χ3n) is 3.70. The average molecular weight is 369 g/mol. The molecule has 142 valence electrons. The van der Waals surface area contributed by atoms with Crippen molar-refractivity contribution in [1.29, 1.82) is 0 Å². The lowest BCUT2D eigenvalue weighted by molar-refractivity contribution is -0.120. The van der Waals surface area contributed by atoms with Crippen LogP contribution >= 0.6 is 0 Å². The van der Waals surface area contributed by atoms with Crippen molar-refractivity contribution in [3.63, 3.8) is 0 Å². The van der Waals surface area contributed by atoms with E-state index in [0.29, 0.717) is 24.3 Å². The van der Waals surface area contributed by atoms with Gasteiger partial charge in [-0.05, 0) is 35.9 Å². The summed E-state index contributed by atoms with van der Waals surface area (Å²) in [6.07, 6.45) is 0.261. The molecule has 7 nitrogen and oxygen atoms in total. The van der Waals surface area contributed by atoms with Gasteiger partial charge in [-0.2, -0.15) is 0 Å². The van der Waals surface area contributed by atoms with Gasteiger partial charge in [0.15, 0.2) is 0 Å². The van der Waals surface area contributed by atoms with E-state index < -0.39 is 0 Å². The Balaban J connectivity index is 1.73. The second-order valence-electron chi connectivity index (χ2n) is 5.89. The number of anilines is 1. The number of methoxy groups -OCH3 is 1. The summed E-state index contributed by atoms with van der Waals surface area (Å²) in [6.45, 7) is 2.03. The van der Waals surface area contributed by atoms with Gasteiger partial charge in [0, 0.05) is 31.3 Å². The van der Waals surface area contributed by atoms with Gasteiger partial charge in [-0.3, -0.25) is 14.4 Å². The summed E-state index contributed by atoms with van der Waals surface area (Å²) in [5, 5.41) is 8.12. The molecule has 0 spiro atoms. The lowest BCUT2D eigenvalue weighted by Crippen LogP contribution is -2.35. The van der Waals surface area contributed by atoms with E-state index in [0.717, 1.165) is 11.3 Å². The van der Waals surface area contributed by atoms with Crippen molar-refractivity contribution in [2.75, 3.05) is 25.5 Å². The van der Waals surface area contributed by atoms with Gasteiger partial charge in [-0.15, -0.1) is 0 Å². The summed E-state index contributed by atoms with van der Waals surface area (Å²) in [5.74, 6) is 0.144. The molecule has 7 heteroatoms. The topological polar surface area (TPSA) is 96.5 Å². The first-order chi connectivity index (χ1) is 13.0. The van der Waals surface area contributed by atoms with Crippen LogP contribution in [-0.4, -0.2) is 37.9 Å². The van der Waals surface area contributed by atoms with E-state index in [1.807, 2.05) is 12.1 Å². The lowest BCUT2D eigenvalue weighted by Gasteiger charge is -2.09. The predicted molar refractivity (Wildman–Crippen MR) is 103 cm³/mol. The molecule has 0 fully saturated rings. The van der Waals surface area contributed by atoms with Crippen LogP contribution in [0.15, 0.2) is 48.5 Å². The van der Waals surface area contributed by atoms with Crippen LogP contribution in [0.4, 0.5) is 5.69 Å². The molecule has 2 rings (SSSR count). The van der Waals surface area contributed by atoms with E-state index in [4.69, 9.17) is 4.74 Å². The molecular weight excluding hydrogens is 346 g/mol. The SMILES string of the molecule is COc1ccc(CC(=O)NCCNC(=O)c2cccc(NC(C)=O)c2)cc1. The summed E-state index contributed by atoms with van der Waals surface area (Å²) < 4.78 is 5.08. The summed E-state index contributed by atoms with van der Waals surface area (Å²) >= 11 is 0. The fraction of sp³-hybridized carbons (Fsp3) is 0.250. The molecule has 2 aromatic rings. The number of hydrogen-bond acceptors (Lipinski definition) is 4. The summed E-state index contributed by atoms with van der Waals surface area (Å²) in [5.41, 5.74) is 1.88. The molecule has 0 aromatic heterocycles. The Bertz CT molecular complexity index is 803. The fourth-order valence-electron chi connectivity index (χ4n) is 2.41. The molecule has 0 aliphatic carbocycles. The molecule has 0 heterocycles. The van der Waals surface area contributed by atoms with Crippen LogP contribution in [0, 0.1) is 0 Å². The molecule has 3 N–H and O–H groups in total. The van der Waals surface area contributed by atoms with Crippen LogP contribution < -0.4 is 20.7 Å². The maximum atomic E-state index is 12.1. The highest BCUT2D eigenvalue weighted by atomic mass is 16.5. The second kappa shape index (κ2) is 9.96. The number of rotatable bonds is 8. The van der Waals surface area contributed by atoms with Crippen molar-refractivity contribution in [3.05, 3.63) is 59.7 Å². The van der Waals surface area contributed by atoms with Crippen LogP contribution in [0.25, 0.3) is 0 Å². The van der Waals surface area contributed by atoms with Crippen LogP contribution in [0.1, 0.15) is 22.8 Å². The highest BCUT2D eigenvalue weighted by molar-refractivity contribution is 5.96. The third kappa shape index (κ3) is 6.81. The second-order valence-corrected chi connectivity index (χ2v) is 5.89. The highest BCUT2D eigenvalue weighted by Gasteiger charge is 2.07. The first kappa shape index (κ1) is 20.0. The maximum Gasteiger partial charge on any atom is 0.251 e. The van der Waals surface area contributed by atoms with Crippen LogP contribution in [0.3, 0.4) is 0 Å². The summed E-state index contributed by atoms with van der Waals surface area (Å²) in [4.78, 5) is 35.1. The number of benzene rings is 2. The minimum atomic E-state index is -0.272. The molecule has 0 bridgehead atoms. The summed E-state index contributed by atoms with van der Waals surface area (Å²) in [6, 6.07) is 13.9. The Hall–Kier alpha value is -3.35. The molecule has 0 saturated heterocycles. The van der Waals surface area contributed by atoms with Gasteiger partial charge >= 0.3 is 0 Å². The minimum absolute atomic E-state index is 0.123. The van der Waals surface area contributed by atoms with Crippen molar-refractivity contribution in [2.45, 2.75) is 13.3 Å². The van der Waals surface area contributed by atoms with Crippen LogP contribution in [-0.2, 0) is 16.0 Å². The lowest BCUT2D eigenvalue weighted by atomic mass is 10.1. The number of carbonyl (C=O) groups is 3. The molecule has 0 radical (unpaired) electrons. The first-order valence-corrected chi connectivity index (χ1v) is 8.53. The monoisotopic (exact) mass is 369 g/mol. The maximum absolute atomic E-state index is 12.1. The van der Waals surface area contributed by atoms with E-state index in [1.54, 1.807) is 43.5 Å². The number of carbonyl (C=O) groups excluding carboxylic acids is 3. The predicted octanol–water partition coefficient (Wildman–Crippen LogP) is 1.74. The normalized spacial score (nSPS) is 10.0. The number of nitrogens with one attached hydrogen (secondary N) is 3. The molecule has 0 unspecified atom stereocenters. The van der Waals surface area contributed by atoms with Crippen molar-refractivity contribution in [1.82, 2.24) is 10.6 Å². The molecule has 0 saturated carbocycles. The Morgan fingerprint density at radius 3 is 2.33 bits per heavy atom. The minimum Gasteiger partial charge on any atom is -0.497 e. The van der Waals surface area contributed by atoms with E-state index in [-0.39, 0.29) is 24.1 Å². The van der Waals surface area contributed by atoms with E-state index >= 15 is 0 Å². The average Bonchev–Trinajstić information content (AvgIpc) is 2.65. The van der Waals surface area contributed by atoms with E-state index in [1.165, 1.54) is 6.92 Å². The van der Waals surface area contributed by atoms with Gasteiger partial charge in [0.1, 0.15) is 5.75 Å². The standard InChI is InChI=1S/C20H23N3O4/c1-14(24)23-17-5-3-4-16(13-17)20(26)22-11-10-21-19(25)12-15-6-8-18(27-2)9-7-15/h3-9,13H,10-12H2,1-2H3,(H,21,25)(H,22,26)(H,23,24). The van der Waals surface area contributed by atoms with Crippen molar-refractivity contribution >= 4 is 23.4 Å². The van der Waals surface area contributed by atoms with Crippen LogP contribution in [0.2, 0.25) is 0 Å². The van der Waals surface area contributed by atoms with Gasteiger partial charge in [-0.1, -0.05) is 18.2 Å². The molecule has 27 heavy (non-hydrogen) atoms. The number of ether oxygens (including phenoxy) is 1. The molecule has 0 atom stereocenters. The fourth-order valence-corrected chi connectivity index (χ4v) is 2.41. The largest absolute Gasteiger partial charge is 0.497 e. The zero-order valence-electron chi connectivity index (χ0n) is 15.4. The van der Waals surface area contributed by atoms with Gasteiger partial charge in [0.2, 0.25) is 11.8 Å². The Morgan fingerprint density at radius 1 is 0.963 bits per heavy atom. The molecule has 2 aromatic carbocycles. The zero-order valence-corrected chi connectivity index (χ0v) is 15.4. The molecular formula is C20H23N3O4.